The molecule has 3 rings (SSSR count). The maximum atomic E-state index is 11.6. The number of sulfone groups is 1. The zero-order valence-electron chi connectivity index (χ0n) is 11.0. The fraction of sp³-hybridized carbons (Fsp3) is 0.769. The van der Waals surface area contributed by atoms with Crippen molar-refractivity contribution in [3.8, 4) is 0 Å². The Kier molecular flexibility index (Phi) is 3.39. The second-order valence-electron chi connectivity index (χ2n) is 5.76. The number of aromatic nitrogens is 2. The maximum Gasteiger partial charge on any atom is 0.150 e. The van der Waals surface area contributed by atoms with E-state index in [0.29, 0.717) is 12.2 Å². The van der Waals surface area contributed by atoms with Crippen LogP contribution in [0.15, 0.2) is 6.20 Å². The molecular weight excluding hydrogens is 264 g/mol. The summed E-state index contributed by atoms with van der Waals surface area (Å²) in [6.07, 6.45) is 6.54. The minimum Gasteiger partial charge on any atom is -0.373 e. The largest absolute Gasteiger partial charge is 0.373 e. The van der Waals surface area contributed by atoms with Crippen molar-refractivity contribution < 1.29 is 13.5 Å². The van der Waals surface area contributed by atoms with Gasteiger partial charge in [0.2, 0.25) is 0 Å². The van der Waals surface area contributed by atoms with E-state index in [2.05, 4.69) is 4.98 Å². The quantitative estimate of drug-likeness (QED) is 0.882. The third-order valence-electron chi connectivity index (χ3n) is 4.10. The molecule has 106 valence electrons. The van der Waals surface area contributed by atoms with Gasteiger partial charge in [-0.25, -0.2) is 13.4 Å². The molecule has 1 N–H and O–H groups in total. The SMILES string of the molecule is O=S1(=O)CCCC(Cc2cn3c(n2)CCCC3O)C1. The van der Waals surface area contributed by atoms with Gasteiger partial charge in [-0.2, -0.15) is 0 Å². The minimum absolute atomic E-state index is 0.188. The molecule has 2 atom stereocenters. The summed E-state index contributed by atoms with van der Waals surface area (Å²) in [5.74, 6) is 1.75. The number of rotatable bonds is 2. The molecule has 0 radical (unpaired) electrons. The van der Waals surface area contributed by atoms with E-state index >= 15 is 0 Å². The van der Waals surface area contributed by atoms with Crippen molar-refractivity contribution in [1.29, 1.82) is 0 Å². The number of aliphatic hydroxyl groups excluding tert-OH is 1. The molecule has 0 bridgehead atoms. The molecule has 1 aromatic rings. The van der Waals surface area contributed by atoms with E-state index in [0.717, 1.165) is 43.6 Å². The van der Waals surface area contributed by atoms with E-state index in [9.17, 15) is 13.5 Å². The summed E-state index contributed by atoms with van der Waals surface area (Å²) in [4.78, 5) is 4.55. The molecular formula is C13H20N2O3S. The van der Waals surface area contributed by atoms with Gasteiger partial charge in [0.1, 0.15) is 12.1 Å². The van der Waals surface area contributed by atoms with Crippen LogP contribution in [0, 0.1) is 5.92 Å². The molecule has 0 spiro atoms. The number of fused-ring (bicyclic) bond motifs is 1. The number of aliphatic hydroxyl groups is 1. The van der Waals surface area contributed by atoms with Gasteiger partial charge in [0, 0.05) is 12.6 Å². The third-order valence-corrected chi connectivity index (χ3v) is 5.99. The molecule has 2 aliphatic heterocycles. The Morgan fingerprint density at radius 2 is 2.21 bits per heavy atom. The van der Waals surface area contributed by atoms with Crippen LogP contribution >= 0.6 is 0 Å². The monoisotopic (exact) mass is 284 g/mol. The first-order valence-corrected chi connectivity index (χ1v) is 8.81. The van der Waals surface area contributed by atoms with Crippen LogP contribution in [-0.2, 0) is 22.7 Å². The van der Waals surface area contributed by atoms with Crippen molar-refractivity contribution in [3.63, 3.8) is 0 Å². The van der Waals surface area contributed by atoms with Crippen LogP contribution in [0.5, 0.6) is 0 Å². The van der Waals surface area contributed by atoms with E-state index in [1.54, 1.807) is 0 Å². The van der Waals surface area contributed by atoms with Crippen molar-refractivity contribution >= 4 is 9.84 Å². The van der Waals surface area contributed by atoms with Gasteiger partial charge in [0.25, 0.3) is 0 Å². The predicted octanol–water partition coefficient (Wildman–Crippen LogP) is 1.08. The normalized spacial score (nSPS) is 29.9. The lowest BCUT2D eigenvalue weighted by atomic mass is 10.00. The molecule has 2 aliphatic rings. The molecule has 1 saturated heterocycles. The molecule has 19 heavy (non-hydrogen) atoms. The van der Waals surface area contributed by atoms with Crippen LogP contribution in [-0.4, -0.2) is 34.6 Å². The molecule has 0 saturated carbocycles. The minimum atomic E-state index is -2.85. The average Bonchev–Trinajstić information content (AvgIpc) is 2.71. The van der Waals surface area contributed by atoms with E-state index in [-0.39, 0.29) is 11.7 Å². The second kappa shape index (κ2) is 4.90. The first-order valence-electron chi connectivity index (χ1n) is 6.98. The number of hydrogen-bond acceptors (Lipinski definition) is 4. The van der Waals surface area contributed by atoms with Crippen LogP contribution in [0.25, 0.3) is 0 Å². The van der Waals surface area contributed by atoms with Gasteiger partial charge in [-0.1, -0.05) is 0 Å². The number of hydrogen-bond donors (Lipinski definition) is 1. The van der Waals surface area contributed by atoms with Gasteiger partial charge < -0.3 is 9.67 Å². The van der Waals surface area contributed by atoms with Crippen molar-refractivity contribution in [3.05, 3.63) is 17.7 Å². The summed E-state index contributed by atoms with van der Waals surface area (Å²) in [6.45, 7) is 0. The molecule has 0 aromatic carbocycles. The third kappa shape index (κ3) is 2.84. The van der Waals surface area contributed by atoms with Gasteiger partial charge in [0.15, 0.2) is 9.84 Å². The van der Waals surface area contributed by atoms with Gasteiger partial charge >= 0.3 is 0 Å². The van der Waals surface area contributed by atoms with Crippen LogP contribution in [0.4, 0.5) is 0 Å². The molecule has 1 aromatic heterocycles. The molecule has 5 nitrogen and oxygen atoms in total. The lowest BCUT2D eigenvalue weighted by Crippen LogP contribution is -2.26. The first kappa shape index (κ1) is 13.1. The first-order chi connectivity index (χ1) is 9.03. The Labute approximate surface area is 113 Å². The summed E-state index contributed by atoms with van der Waals surface area (Å²) in [5, 5.41) is 9.89. The van der Waals surface area contributed by atoms with Crippen molar-refractivity contribution in [1.82, 2.24) is 9.55 Å². The van der Waals surface area contributed by atoms with Crippen LogP contribution in [0.1, 0.15) is 43.4 Å². The van der Waals surface area contributed by atoms with Crippen molar-refractivity contribution in [2.24, 2.45) is 5.92 Å². The smallest absolute Gasteiger partial charge is 0.150 e. The van der Waals surface area contributed by atoms with E-state index in [1.807, 2.05) is 10.8 Å². The van der Waals surface area contributed by atoms with Gasteiger partial charge in [-0.05, 0) is 38.0 Å². The Bertz CT molecular complexity index is 564. The molecule has 2 unspecified atom stereocenters. The molecule has 0 aliphatic carbocycles. The maximum absolute atomic E-state index is 11.6. The lowest BCUT2D eigenvalue weighted by molar-refractivity contribution is 0.0780. The highest BCUT2D eigenvalue weighted by Gasteiger charge is 2.26. The zero-order chi connectivity index (χ0) is 13.5. The predicted molar refractivity (Wildman–Crippen MR) is 71.5 cm³/mol. The van der Waals surface area contributed by atoms with Crippen LogP contribution < -0.4 is 0 Å². The standard InChI is InChI=1S/C13H20N2O3S/c16-13-5-1-4-12-14-11(8-15(12)13)7-10-3-2-6-19(17,18)9-10/h8,10,13,16H,1-7,9H2. The number of nitrogens with zero attached hydrogens (tertiary/aromatic N) is 2. The van der Waals surface area contributed by atoms with Crippen molar-refractivity contribution in [2.45, 2.75) is 44.8 Å². The van der Waals surface area contributed by atoms with Crippen LogP contribution in [0.2, 0.25) is 0 Å². The number of aryl methyl sites for hydroxylation is 1. The van der Waals surface area contributed by atoms with Gasteiger partial charge in [0.05, 0.1) is 17.2 Å². The highest BCUT2D eigenvalue weighted by molar-refractivity contribution is 7.91. The fourth-order valence-electron chi connectivity index (χ4n) is 3.19. The summed E-state index contributed by atoms with van der Waals surface area (Å²) < 4.78 is 25.1. The van der Waals surface area contributed by atoms with Gasteiger partial charge in [-0.3, -0.25) is 0 Å². The van der Waals surface area contributed by atoms with E-state index < -0.39 is 16.1 Å². The van der Waals surface area contributed by atoms with Crippen LogP contribution in [0.3, 0.4) is 0 Å². The average molecular weight is 284 g/mol. The topological polar surface area (TPSA) is 72.2 Å². The lowest BCUT2D eigenvalue weighted by Gasteiger charge is -2.20. The molecule has 0 amide bonds. The Morgan fingerprint density at radius 3 is 2.95 bits per heavy atom. The summed E-state index contributed by atoms with van der Waals surface area (Å²) in [5.41, 5.74) is 0.929. The highest BCUT2D eigenvalue weighted by atomic mass is 32.2. The van der Waals surface area contributed by atoms with Crippen molar-refractivity contribution in [2.75, 3.05) is 11.5 Å². The zero-order valence-corrected chi connectivity index (χ0v) is 11.8. The summed E-state index contributed by atoms with van der Waals surface area (Å²) >= 11 is 0. The van der Waals surface area contributed by atoms with E-state index in [1.165, 1.54) is 0 Å². The Morgan fingerprint density at radius 1 is 1.37 bits per heavy atom. The van der Waals surface area contributed by atoms with E-state index in [4.69, 9.17) is 0 Å². The Balaban J connectivity index is 1.73. The molecule has 3 heterocycles. The second-order valence-corrected chi connectivity index (χ2v) is 7.98. The number of imidazole rings is 1. The van der Waals surface area contributed by atoms with Gasteiger partial charge in [-0.15, -0.1) is 0 Å². The molecule has 6 heteroatoms. The molecule has 1 fully saturated rings. The summed E-state index contributed by atoms with van der Waals surface area (Å²) in [7, 11) is -2.85. The fourth-order valence-corrected chi connectivity index (χ4v) is 4.96. The summed E-state index contributed by atoms with van der Waals surface area (Å²) in [6, 6.07) is 0. The highest BCUT2D eigenvalue weighted by Crippen LogP contribution is 2.26. The Hall–Kier alpha value is -0.880.